The van der Waals surface area contributed by atoms with Gasteiger partial charge in [-0.3, -0.25) is 4.79 Å². The molecule has 6 nitrogen and oxygen atoms in total. The number of amides is 1. The molecule has 108 valence electrons. The zero-order chi connectivity index (χ0) is 13.5. The quantitative estimate of drug-likeness (QED) is 0.661. The highest BCUT2D eigenvalue weighted by Crippen LogP contribution is 2.34. The molecule has 0 spiro atoms. The third-order valence-electron chi connectivity index (χ3n) is 4.53. The van der Waals surface area contributed by atoms with Crippen LogP contribution in [0.2, 0.25) is 0 Å². The van der Waals surface area contributed by atoms with Crippen molar-refractivity contribution in [2.24, 2.45) is 11.8 Å². The van der Waals surface area contributed by atoms with Gasteiger partial charge in [-0.1, -0.05) is 0 Å². The van der Waals surface area contributed by atoms with Crippen LogP contribution in [-0.4, -0.2) is 69.6 Å². The lowest BCUT2D eigenvalue weighted by Crippen LogP contribution is -2.50. The Morgan fingerprint density at radius 1 is 1.21 bits per heavy atom. The number of morpholine rings is 1. The van der Waals surface area contributed by atoms with E-state index in [0.717, 1.165) is 0 Å². The summed E-state index contributed by atoms with van der Waals surface area (Å²) in [5.41, 5.74) is 0. The fourth-order valence-corrected chi connectivity index (χ4v) is 5.53. The van der Waals surface area contributed by atoms with Crippen molar-refractivity contribution in [3.8, 4) is 0 Å². The monoisotopic (exact) mass is 288 g/mol. The highest BCUT2D eigenvalue weighted by atomic mass is 32.2. The van der Waals surface area contributed by atoms with Crippen LogP contribution < -0.4 is 5.32 Å². The molecule has 19 heavy (non-hydrogen) atoms. The molecule has 3 aliphatic heterocycles. The Kier molecular flexibility index (Phi) is 3.53. The first-order valence-electron chi connectivity index (χ1n) is 6.88. The number of nitrogens with one attached hydrogen (secondary N) is 1. The topological polar surface area (TPSA) is 75.7 Å². The summed E-state index contributed by atoms with van der Waals surface area (Å²) in [5.74, 6) is 0.0870. The van der Waals surface area contributed by atoms with Crippen molar-refractivity contribution in [3.05, 3.63) is 0 Å². The van der Waals surface area contributed by atoms with Gasteiger partial charge >= 0.3 is 0 Å². The molecule has 0 radical (unpaired) electrons. The maximum absolute atomic E-state index is 12.6. The number of ether oxygens (including phenoxy) is 1. The Labute approximate surface area is 113 Å². The van der Waals surface area contributed by atoms with Crippen molar-refractivity contribution in [1.29, 1.82) is 0 Å². The van der Waals surface area contributed by atoms with Crippen LogP contribution in [0.4, 0.5) is 0 Å². The normalized spacial score (nSPS) is 37.9. The van der Waals surface area contributed by atoms with Gasteiger partial charge in [0.2, 0.25) is 5.91 Å². The first-order chi connectivity index (χ1) is 9.09. The summed E-state index contributed by atoms with van der Waals surface area (Å²) in [6.07, 6.45) is 0.474. The third-order valence-corrected chi connectivity index (χ3v) is 6.78. The van der Waals surface area contributed by atoms with Crippen molar-refractivity contribution in [3.63, 3.8) is 0 Å². The van der Waals surface area contributed by atoms with Gasteiger partial charge in [-0.05, 0) is 6.42 Å². The van der Waals surface area contributed by atoms with Gasteiger partial charge in [0.15, 0.2) is 9.84 Å². The summed E-state index contributed by atoms with van der Waals surface area (Å²) in [4.78, 5) is 14.4. The first-order valence-corrected chi connectivity index (χ1v) is 8.60. The number of carbonyl (C=O) groups is 1. The summed E-state index contributed by atoms with van der Waals surface area (Å²) in [6, 6.07) is 0. The van der Waals surface area contributed by atoms with Crippen LogP contribution in [0, 0.1) is 11.8 Å². The van der Waals surface area contributed by atoms with Gasteiger partial charge in [0.05, 0.1) is 24.2 Å². The van der Waals surface area contributed by atoms with Crippen molar-refractivity contribution in [2.75, 3.05) is 45.1 Å². The molecule has 0 aromatic rings. The van der Waals surface area contributed by atoms with E-state index in [4.69, 9.17) is 4.74 Å². The van der Waals surface area contributed by atoms with Gasteiger partial charge in [0.1, 0.15) is 0 Å². The van der Waals surface area contributed by atoms with E-state index >= 15 is 0 Å². The largest absolute Gasteiger partial charge is 0.378 e. The molecule has 1 N–H and O–H groups in total. The Morgan fingerprint density at radius 3 is 2.68 bits per heavy atom. The summed E-state index contributed by atoms with van der Waals surface area (Å²) < 4.78 is 29.3. The van der Waals surface area contributed by atoms with E-state index in [1.807, 2.05) is 4.90 Å². The first kappa shape index (κ1) is 13.3. The summed E-state index contributed by atoms with van der Waals surface area (Å²) in [5, 5.41) is 2.77. The zero-order valence-electron chi connectivity index (χ0n) is 10.9. The Hall–Kier alpha value is -0.660. The third kappa shape index (κ3) is 2.39. The van der Waals surface area contributed by atoms with Gasteiger partial charge in [-0.25, -0.2) is 8.42 Å². The van der Waals surface area contributed by atoms with Gasteiger partial charge in [-0.15, -0.1) is 0 Å². The van der Waals surface area contributed by atoms with Crippen LogP contribution >= 0.6 is 0 Å². The Bertz CT molecular complexity index is 458. The standard InChI is InChI=1S/C12H20N2O4S/c15-12(14-2-4-18-5-3-14)9-1-6-19(16,17)11-8-13-7-10(9)11/h9-11,13H,1-8H2/t9-,10-,11-/m1/s1. The number of fused-ring (bicyclic) bond motifs is 1. The summed E-state index contributed by atoms with van der Waals surface area (Å²) >= 11 is 0. The van der Waals surface area contributed by atoms with Gasteiger partial charge in [-0.2, -0.15) is 0 Å². The molecule has 1 amide bonds. The van der Waals surface area contributed by atoms with Crippen LogP contribution in [-0.2, 0) is 19.4 Å². The zero-order valence-corrected chi connectivity index (χ0v) is 11.7. The molecule has 3 rings (SSSR count). The minimum atomic E-state index is -3.02. The van der Waals surface area contributed by atoms with Crippen LogP contribution in [0.1, 0.15) is 6.42 Å². The molecule has 3 atom stereocenters. The van der Waals surface area contributed by atoms with Crippen molar-refractivity contribution >= 4 is 15.7 Å². The van der Waals surface area contributed by atoms with Crippen LogP contribution in [0.15, 0.2) is 0 Å². The second kappa shape index (κ2) is 5.03. The second-order valence-electron chi connectivity index (χ2n) is 5.56. The number of sulfone groups is 1. The molecule has 0 aliphatic carbocycles. The number of hydrogen-bond acceptors (Lipinski definition) is 5. The van der Waals surface area contributed by atoms with E-state index in [-0.39, 0.29) is 28.7 Å². The summed E-state index contributed by atoms with van der Waals surface area (Å²) in [6.45, 7) is 3.58. The number of rotatable bonds is 1. The average Bonchev–Trinajstić information content (AvgIpc) is 2.90. The van der Waals surface area contributed by atoms with E-state index in [9.17, 15) is 13.2 Å². The highest BCUT2D eigenvalue weighted by molar-refractivity contribution is 7.92. The molecule has 3 heterocycles. The molecule has 0 bridgehead atoms. The van der Waals surface area contributed by atoms with Crippen LogP contribution in [0.5, 0.6) is 0 Å². The number of nitrogens with zero attached hydrogens (tertiary/aromatic N) is 1. The van der Waals surface area contributed by atoms with E-state index in [0.29, 0.717) is 45.8 Å². The SMILES string of the molecule is O=C([C@@H]1CCS(=O)(=O)[C@@H]2CNC[C@@H]21)N1CCOCC1. The molecule has 7 heteroatoms. The molecule has 3 fully saturated rings. The molecule has 3 aliphatic rings. The minimum Gasteiger partial charge on any atom is -0.378 e. The molecular formula is C12H20N2O4S. The van der Waals surface area contributed by atoms with Gasteiger partial charge < -0.3 is 15.0 Å². The van der Waals surface area contributed by atoms with Crippen molar-refractivity contribution in [1.82, 2.24) is 10.2 Å². The van der Waals surface area contributed by atoms with E-state index in [1.54, 1.807) is 0 Å². The lowest BCUT2D eigenvalue weighted by atomic mass is 9.87. The lowest BCUT2D eigenvalue weighted by molar-refractivity contribution is -0.141. The Morgan fingerprint density at radius 2 is 1.95 bits per heavy atom. The fourth-order valence-electron chi connectivity index (χ4n) is 3.45. The Balaban J connectivity index is 1.76. The van der Waals surface area contributed by atoms with E-state index in [2.05, 4.69) is 5.32 Å². The number of carbonyl (C=O) groups excluding carboxylic acids is 1. The second-order valence-corrected chi connectivity index (χ2v) is 7.90. The van der Waals surface area contributed by atoms with Gasteiger partial charge in [0.25, 0.3) is 0 Å². The van der Waals surface area contributed by atoms with Gasteiger partial charge in [0, 0.05) is 38.0 Å². The molecule has 0 aromatic heterocycles. The highest BCUT2D eigenvalue weighted by Gasteiger charge is 2.48. The van der Waals surface area contributed by atoms with Crippen molar-refractivity contribution < 1.29 is 17.9 Å². The lowest BCUT2D eigenvalue weighted by Gasteiger charge is -2.36. The average molecular weight is 288 g/mol. The van der Waals surface area contributed by atoms with Crippen molar-refractivity contribution in [2.45, 2.75) is 11.7 Å². The molecule has 0 aromatic carbocycles. The predicted molar refractivity (Wildman–Crippen MR) is 69.4 cm³/mol. The van der Waals surface area contributed by atoms with E-state index in [1.165, 1.54) is 0 Å². The molecule has 0 unspecified atom stereocenters. The van der Waals surface area contributed by atoms with Crippen LogP contribution in [0.3, 0.4) is 0 Å². The van der Waals surface area contributed by atoms with Crippen LogP contribution in [0.25, 0.3) is 0 Å². The smallest absolute Gasteiger partial charge is 0.226 e. The predicted octanol–water partition coefficient (Wildman–Crippen LogP) is -1.13. The molecular weight excluding hydrogens is 268 g/mol. The summed E-state index contributed by atoms with van der Waals surface area (Å²) in [7, 11) is -3.02. The molecule has 3 saturated heterocycles. The maximum Gasteiger partial charge on any atom is 0.226 e. The molecule has 0 saturated carbocycles. The number of hydrogen-bond donors (Lipinski definition) is 1. The van der Waals surface area contributed by atoms with E-state index < -0.39 is 9.84 Å². The maximum atomic E-state index is 12.6. The fraction of sp³-hybridized carbons (Fsp3) is 0.917. The minimum absolute atomic E-state index is 0.0471.